The Morgan fingerprint density at radius 2 is 2.06 bits per heavy atom. The highest BCUT2D eigenvalue weighted by molar-refractivity contribution is 6.17. The lowest BCUT2D eigenvalue weighted by Crippen LogP contribution is -2.14. The van der Waals surface area contributed by atoms with Gasteiger partial charge in [-0.2, -0.15) is 0 Å². The summed E-state index contributed by atoms with van der Waals surface area (Å²) in [7, 11) is 0. The number of carboxylic acids is 1. The molecule has 0 spiro atoms. The molecule has 18 heavy (non-hydrogen) atoms. The number of aliphatic hydroxyl groups excluding tert-OH is 1. The van der Waals surface area contributed by atoms with Gasteiger partial charge >= 0.3 is 5.97 Å². The summed E-state index contributed by atoms with van der Waals surface area (Å²) in [4.78, 5) is 10.7. The van der Waals surface area contributed by atoms with Crippen LogP contribution in [0.15, 0.2) is 18.2 Å². The number of rotatable bonds is 6. The van der Waals surface area contributed by atoms with Gasteiger partial charge in [0, 0.05) is 17.0 Å². The fraction of sp³-hybridized carbons (Fsp3) is 0.417. The molecule has 0 aliphatic heterocycles. The Morgan fingerprint density at radius 1 is 1.39 bits per heavy atom. The molecule has 1 atom stereocenters. The van der Waals surface area contributed by atoms with Crippen molar-refractivity contribution >= 4 is 17.6 Å². The van der Waals surface area contributed by atoms with Crippen molar-refractivity contribution in [2.24, 2.45) is 0 Å². The molecule has 0 saturated heterocycles. The quantitative estimate of drug-likeness (QED) is 0.787. The Bertz CT molecular complexity index is 424. The zero-order valence-electron chi connectivity index (χ0n) is 9.44. The number of aliphatic hydroxyl groups is 1. The Balaban J connectivity index is 3.21. The summed E-state index contributed by atoms with van der Waals surface area (Å²) in [6, 6.07) is 4.15. The standard InChI is InChI=1S/C12H13ClF2O3/c13-6-2-4-7-3-1-5-8(9(7)11(14)15)10(16)12(17)18/h1,3,5,10-11,16H,2,4,6H2,(H,17,18). The molecular formula is C12H13ClF2O3. The number of benzene rings is 1. The maximum absolute atomic E-state index is 13.0. The van der Waals surface area contributed by atoms with E-state index in [2.05, 4.69) is 0 Å². The summed E-state index contributed by atoms with van der Waals surface area (Å²) >= 11 is 5.51. The Kier molecular flexibility index (Phi) is 5.50. The lowest BCUT2D eigenvalue weighted by molar-refractivity contribution is -0.147. The summed E-state index contributed by atoms with van der Waals surface area (Å²) in [5.41, 5.74) is -0.342. The van der Waals surface area contributed by atoms with Crippen LogP contribution in [0.1, 0.15) is 35.6 Å². The lowest BCUT2D eigenvalue weighted by Gasteiger charge is -2.16. The molecule has 1 aromatic carbocycles. The molecule has 6 heteroatoms. The van der Waals surface area contributed by atoms with E-state index in [0.29, 0.717) is 24.3 Å². The SMILES string of the molecule is O=C(O)C(O)c1cccc(CCCCl)c1C(F)F. The van der Waals surface area contributed by atoms with Crippen molar-refractivity contribution in [1.82, 2.24) is 0 Å². The van der Waals surface area contributed by atoms with Crippen molar-refractivity contribution in [1.29, 1.82) is 0 Å². The van der Waals surface area contributed by atoms with Crippen LogP contribution in [0, 0.1) is 0 Å². The van der Waals surface area contributed by atoms with Crippen LogP contribution in [0.3, 0.4) is 0 Å². The minimum atomic E-state index is -2.83. The average molecular weight is 279 g/mol. The van der Waals surface area contributed by atoms with E-state index >= 15 is 0 Å². The van der Waals surface area contributed by atoms with Crippen LogP contribution in [0.4, 0.5) is 8.78 Å². The van der Waals surface area contributed by atoms with Crippen molar-refractivity contribution in [3.8, 4) is 0 Å². The molecule has 0 fully saturated rings. The summed E-state index contributed by atoms with van der Waals surface area (Å²) < 4.78 is 26.0. The van der Waals surface area contributed by atoms with Crippen LogP contribution in [-0.4, -0.2) is 22.1 Å². The van der Waals surface area contributed by atoms with Gasteiger partial charge in [0.1, 0.15) is 0 Å². The monoisotopic (exact) mass is 278 g/mol. The van der Waals surface area contributed by atoms with Gasteiger partial charge in [0.15, 0.2) is 6.10 Å². The normalized spacial score (nSPS) is 12.7. The van der Waals surface area contributed by atoms with Gasteiger partial charge in [-0.1, -0.05) is 18.2 Å². The van der Waals surface area contributed by atoms with Crippen molar-refractivity contribution in [2.75, 3.05) is 5.88 Å². The second kappa shape index (κ2) is 6.66. The van der Waals surface area contributed by atoms with Crippen molar-refractivity contribution in [3.63, 3.8) is 0 Å². The number of hydrogen-bond acceptors (Lipinski definition) is 2. The summed E-state index contributed by atoms with van der Waals surface area (Å²) in [5.74, 6) is -1.22. The molecule has 0 aliphatic carbocycles. The largest absolute Gasteiger partial charge is 0.479 e. The van der Waals surface area contributed by atoms with Gasteiger partial charge in [0.05, 0.1) is 0 Å². The van der Waals surface area contributed by atoms with Crippen LogP contribution < -0.4 is 0 Å². The van der Waals surface area contributed by atoms with E-state index in [1.54, 1.807) is 0 Å². The zero-order valence-corrected chi connectivity index (χ0v) is 10.2. The molecule has 1 rings (SSSR count). The van der Waals surface area contributed by atoms with E-state index in [4.69, 9.17) is 16.7 Å². The van der Waals surface area contributed by atoms with Gasteiger partial charge in [-0.25, -0.2) is 13.6 Å². The fourth-order valence-corrected chi connectivity index (χ4v) is 1.88. The molecule has 0 aromatic heterocycles. The molecule has 1 unspecified atom stereocenters. The molecule has 0 radical (unpaired) electrons. The zero-order chi connectivity index (χ0) is 13.7. The van der Waals surface area contributed by atoms with Crippen LogP contribution >= 0.6 is 11.6 Å². The molecule has 1 aromatic rings. The number of aliphatic carboxylic acids is 1. The van der Waals surface area contributed by atoms with Crippen molar-refractivity contribution in [3.05, 3.63) is 34.9 Å². The smallest absolute Gasteiger partial charge is 0.337 e. The topological polar surface area (TPSA) is 57.5 Å². The number of hydrogen-bond donors (Lipinski definition) is 2. The van der Waals surface area contributed by atoms with Gasteiger partial charge in [-0.15, -0.1) is 11.6 Å². The van der Waals surface area contributed by atoms with Gasteiger partial charge in [0.25, 0.3) is 6.43 Å². The summed E-state index contributed by atoms with van der Waals surface area (Å²) in [5, 5.41) is 18.1. The van der Waals surface area contributed by atoms with Crippen LogP contribution in [0.25, 0.3) is 0 Å². The molecule has 0 bridgehead atoms. The lowest BCUT2D eigenvalue weighted by atomic mass is 9.95. The average Bonchev–Trinajstić information content (AvgIpc) is 2.34. The number of aryl methyl sites for hydroxylation is 1. The summed E-state index contributed by atoms with van der Waals surface area (Å²) in [6.45, 7) is 0. The molecule has 3 nitrogen and oxygen atoms in total. The van der Waals surface area contributed by atoms with E-state index in [1.165, 1.54) is 18.2 Å². The van der Waals surface area contributed by atoms with E-state index in [0.717, 1.165) is 0 Å². The van der Waals surface area contributed by atoms with Crippen LogP contribution in [-0.2, 0) is 11.2 Å². The minimum Gasteiger partial charge on any atom is -0.479 e. The summed E-state index contributed by atoms with van der Waals surface area (Å²) in [6.07, 6.45) is -3.94. The number of carboxylic acid groups (broad SMARTS) is 1. The third kappa shape index (κ3) is 3.40. The number of carbonyl (C=O) groups is 1. The Labute approximate surface area is 108 Å². The van der Waals surface area contributed by atoms with Gasteiger partial charge in [-0.05, 0) is 18.4 Å². The van der Waals surface area contributed by atoms with Gasteiger partial charge < -0.3 is 10.2 Å². The van der Waals surface area contributed by atoms with Gasteiger partial charge in [0.2, 0.25) is 0 Å². The van der Waals surface area contributed by atoms with Gasteiger partial charge in [-0.3, -0.25) is 0 Å². The molecule has 0 amide bonds. The third-order valence-corrected chi connectivity index (χ3v) is 2.82. The minimum absolute atomic E-state index is 0.260. The van der Waals surface area contributed by atoms with Crippen molar-refractivity contribution < 1.29 is 23.8 Å². The second-order valence-corrected chi connectivity index (χ2v) is 4.13. The van der Waals surface area contributed by atoms with E-state index in [9.17, 15) is 18.7 Å². The van der Waals surface area contributed by atoms with Crippen molar-refractivity contribution in [2.45, 2.75) is 25.4 Å². The second-order valence-electron chi connectivity index (χ2n) is 3.75. The number of halogens is 3. The molecule has 2 N–H and O–H groups in total. The van der Waals surface area contributed by atoms with Crippen LogP contribution in [0.2, 0.25) is 0 Å². The first-order valence-electron chi connectivity index (χ1n) is 5.35. The third-order valence-electron chi connectivity index (χ3n) is 2.56. The predicted molar refractivity (Wildman–Crippen MR) is 63.0 cm³/mol. The first kappa shape index (κ1) is 14.9. The highest BCUT2D eigenvalue weighted by atomic mass is 35.5. The molecule has 0 saturated carbocycles. The van der Waals surface area contributed by atoms with E-state index < -0.39 is 24.1 Å². The maximum atomic E-state index is 13.0. The van der Waals surface area contributed by atoms with Crippen LogP contribution in [0.5, 0.6) is 0 Å². The van der Waals surface area contributed by atoms with E-state index in [-0.39, 0.29) is 5.56 Å². The maximum Gasteiger partial charge on any atom is 0.337 e. The molecule has 100 valence electrons. The number of alkyl halides is 3. The highest BCUT2D eigenvalue weighted by Crippen LogP contribution is 2.31. The first-order valence-corrected chi connectivity index (χ1v) is 5.89. The first-order chi connectivity index (χ1) is 8.49. The Hall–Kier alpha value is -1.20. The Morgan fingerprint density at radius 3 is 2.56 bits per heavy atom. The fourth-order valence-electron chi connectivity index (χ4n) is 1.75. The predicted octanol–water partition coefficient (Wildman–Crippen LogP) is 2.91. The molecular weight excluding hydrogens is 266 g/mol. The molecule has 0 heterocycles. The van der Waals surface area contributed by atoms with E-state index in [1.807, 2.05) is 0 Å². The molecule has 0 aliphatic rings. The highest BCUT2D eigenvalue weighted by Gasteiger charge is 2.25.